The summed E-state index contributed by atoms with van der Waals surface area (Å²) in [6.45, 7) is 0.888. The third kappa shape index (κ3) is 2.51. The van der Waals surface area contributed by atoms with E-state index in [-0.39, 0.29) is 37.5 Å². The molecule has 3 rings (SSSR count). The Morgan fingerprint density at radius 3 is 2.95 bits per heavy atom. The maximum absolute atomic E-state index is 12.3. The predicted octanol–water partition coefficient (Wildman–Crippen LogP) is 1.55. The van der Waals surface area contributed by atoms with Gasteiger partial charge in [-0.1, -0.05) is 30.3 Å². The van der Waals surface area contributed by atoms with Gasteiger partial charge in [0, 0.05) is 6.61 Å². The van der Waals surface area contributed by atoms with Crippen molar-refractivity contribution in [1.82, 2.24) is 4.90 Å². The molecule has 5 nitrogen and oxygen atoms in total. The average Bonchev–Trinajstić information content (AvgIpc) is 3.05. The SMILES string of the molecule is O=C(OCc1ccccc1)N1[C@@H](CO)C[C@H]2OCC[C@H]21. The third-order valence-electron chi connectivity index (χ3n) is 4.06. The van der Waals surface area contributed by atoms with E-state index in [2.05, 4.69) is 0 Å². The van der Waals surface area contributed by atoms with Crippen LogP contribution in [0, 0.1) is 0 Å². The highest BCUT2D eigenvalue weighted by Gasteiger charge is 2.47. The van der Waals surface area contributed by atoms with Gasteiger partial charge >= 0.3 is 6.09 Å². The molecule has 2 aliphatic rings. The number of likely N-dealkylation sites (tertiary alicyclic amines) is 1. The minimum absolute atomic E-state index is 0.0448. The summed E-state index contributed by atoms with van der Waals surface area (Å²) < 4.78 is 11.0. The first-order chi connectivity index (χ1) is 9.79. The first kappa shape index (κ1) is 13.4. The number of hydrogen-bond donors (Lipinski definition) is 1. The van der Waals surface area contributed by atoms with Gasteiger partial charge in [-0.25, -0.2) is 4.79 Å². The van der Waals surface area contributed by atoms with Crippen LogP contribution in [0.2, 0.25) is 0 Å². The minimum atomic E-state index is -0.356. The number of aliphatic hydroxyl groups is 1. The lowest BCUT2D eigenvalue weighted by Crippen LogP contribution is -2.43. The largest absolute Gasteiger partial charge is 0.445 e. The second-order valence-corrected chi connectivity index (χ2v) is 5.28. The first-order valence-electron chi connectivity index (χ1n) is 7.01. The van der Waals surface area contributed by atoms with Crippen molar-refractivity contribution in [2.45, 2.75) is 37.6 Å². The van der Waals surface area contributed by atoms with Crippen LogP contribution < -0.4 is 0 Å². The molecular formula is C15H19NO4. The van der Waals surface area contributed by atoms with Crippen LogP contribution in [0.5, 0.6) is 0 Å². The Labute approximate surface area is 118 Å². The molecular weight excluding hydrogens is 258 g/mol. The van der Waals surface area contributed by atoms with E-state index in [1.807, 2.05) is 30.3 Å². The van der Waals surface area contributed by atoms with Gasteiger partial charge in [-0.2, -0.15) is 0 Å². The Morgan fingerprint density at radius 1 is 1.40 bits per heavy atom. The van der Waals surface area contributed by atoms with E-state index in [4.69, 9.17) is 9.47 Å². The predicted molar refractivity (Wildman–Crippen MR) is 72.1 cm³/mol. The lowest BCUT2D eigenvalue weighted by atomic mass is 10.1. The first-order valence-corrected chi connectivity index (χ1v) is 7.01. The van der Waals surface area contributed by atoms with Crippen LogP contribution in [0.3, 0.4) is 0 Å². The topological polar surface area (TPSA) is 59.0 Å². The van der Waals surface area contributed by atoms with Gasteiger partial charge in [0.2, 0.25) is 0 Å². The van der Waals surface area contributed by atoms with Gasteiger partial charge in [-0.15, -0.1) is 0 Å². The van der Waals surface area contributed by atoms with Crippen molar-refractivity contribution in [3.8, 4) is 0 Å². The van der Waals surface area contributed by atoms with Crippen molar-refractivity contribution in [3.63, 3.8) is 0 Å². The number of carbonyl (C=O) groups excluding carboxylic acids is 1. The van der Waals surface area contributed by atoms with Crippen LogP contribution in [0.4, 0.5) is 4.79 Å². The van der Waals surface area contributed by atoms with Gasteiger partial charge in [0.1, 0.15) is 6.61 Å². The number of ether oxygens (including phenoxy) is 2. The number of amides is 1. The lowest BCUT2D eigenvalue weighted by molar-refractivity contribution is 0.0642. The maximum Gasteiger partial charge on any atom is 0.410 e. The molecule has 2 heterocycles. The monoisotopic (exact) mass is 277 g/mol. The Balaban J connectivity index is 1.63. The highest BCUT2D eigenvalue weighted by atomic mass is 16.6. The average molecular weight is 277 g/mol. The van der Waals surface area contributed by atoms with Crippen molar-refractivity contribution < 1.29 is 19.4 Å². The summed E-state index contributed by atoms with van der Waals surface area (Å²) >= 11 is 0. The van der Waals surface area contributed by atoms with E-state index in [1.165, 1.54) is 0 Å². The second-order valence-electron chi connectivity index (χ2n) is 5.28. The number of fused-ring (bicyclic) bond motifs is 1. The van der Waals surface area contributed by atoms with Gasteiger partial charge in [-0.3, -0.25) is 4.90 Å². The number of aliphatic hydroxyl groups excluding tert-OH is 1. The minimum Gasteiger partial charge on any atom is -0.445 e. The molecule has 3 atom stereocenters. The smallest absolute Gasteiger partial charge is 0.410 e. The normalized spacial score (nSPS) is 28.4. The summed E-state index contributed by atoms with van der Waals surface area (Å²) in [4.78, 5) is 13.9. The van der Waals surface area contributed by atoms with Crippen molar-refractivity contribution in [2.24, 2.45) is 0 Å². The number of carbonyl (C=O) groups is 1. The molecule has 2 saturated heterocycles. The highest BCUT2D eigenvalue weighted by molar-refractivity contribution is 5.69. The molecule has 0 saturated carbocycles. The summed E-state index contributed by atoms with van der Waals surface area (Å²) in [5.41, 5.74) is 0.958. The molecule has 1 aromatic carbocycles. The van der Waals surface area contributed by atoms with E-state index in [9.17, 15) is 9.90 Å². The van der Waals surface area contributed by atoms with Crippen molar-refractivity contribution in [3.05, 3.63) is 35.9 Å². The summed E-state index contributed by atoms with van der Waals surface area (Å²) in [6, 6.07) is 9.45. The zero-order chi connectivity index (χ0) is 13.9. The van der Waals surface area contributed by atoms with Gasteiger partial charge in [0.05, 0.1) is 24.8 Å². The fourth-order valence-electron chi connectivity index (χ4n) is 3.07. The molecule has 1 N–H and O–H groups in total. The number of rotatable bonds is 3. The van der Waals surface area contributed by atoms with Crippen molar-refractivity contribution >= 4 is 6.09 Å². The molecule has 0 aromatic heterocycles. The molecule has 1 amide bonds. The van der Waals surface area contributed by atoms with Crippen molar-refractivity contribution in [2.75, 3.05) is 13.2 Å². The van der Waals surface area contributed by atoms with Crippen LogP contribution >= 0.6 is 0 Å². The third-order valence-corrected chi connectivity index (χ3v) is 4.06. The van der Waals surface area contributed by atoms with Gasteiger partial charge in [-0.05, 0) is 18.4 Å². The molecule has 5 heteroatoms. The number of nitrogens with zero attached hydrogens (tertiary/aromatic N) is 1. The molecule has 108 valence electrons. The molecule has 0 aliphatic carbocycles. The molecule has 2 fully saturated rings. The van der Waals surface area contributed by atoms with E-state index in [1.54, 1.807) is 4.90 Å². The highest BCUT2D eigenvalue weighted by Crippen LogP contribution is 2.33. The summed E-state index contributed by atoms with van der Waals surface area (Å²) in [6.07, 6.45) is 1.21. The van der Waals surface area contributed by atoms with E-state index in [0.717, 1.165) is 12.0 Å². The fourth-order valence-corrected chi connectivity index (χ4v) is 3.07. The molecule has 0 unspecified atom stereocenters. The fraction of sp³-hybridized carbons (Fsp3) is 0.533. The molecule has 2 aliphatic heterocycles. The van der Waals surface area contributed by atoms with Crippen molar-refractivity contribution in [1.29, 1.82) is 0 Å². The Hall–Kier alpha value is -1.59. The molecule has 0 bridgehead atoms. The van der Waals surface area contributed by atoms with Crippen LogP contribution in [0.25, 0.3) is 0 Å². The van der Waals surface area contributed by atoms with E-state index in [0.29, 0.717) is 13.0 Å². The summed E-state index contributed by atoms with van der Waals surface area (Å²) in [5, 5.41) is 9.42. The van der Waals surface area contributed by atoms with Gasteiger partial charge in [0.15, 0.2) is 0 Å². The van der Waals surface area contributed by atoms with Crippen LogP contribution in [0.15, 0.2) is 30.3 Å². The van der Waals surface area contributed by atoms with Crippen LogP contribution in [-0.2, 0) is 16.1 Å². The molecule has 0 radical (unpaired) electrons. The Kier molecular flexibility index (Phi) is 3.89. The van der Waals surface area contributed by atoms with Crippen LogP contribution in [0.1, 0.15) is 18.4 Å². The molecule has 0 spiro atoms. The van der Waals surface area contributed by atoms with Crippen LogP contribution in [-0.4, -0.2) is 47.5 Å². The Bertz CT molecular complexity index is 464. The molecule has 1 aromatic rings. The zero-order valence-corrected chi connectivity index (χ0v) is 11.3. The number of hydrogen-bond acceptors (Lipinski definition) is 4. The standard InChI is InChI=1S/C15H19NO4/c17-9-12-8-14-13(6-7-19-14)16(12)15(18)20-10-11-4-2-1-3-5-11/h1-5,12-14,17H,6-10H2/t12-,13-,14-/m1/s1. The summed E-state index contributed by atoms with van der Waals surface area (Å²) in [7, 11) is 0. The zero-order valence-electron chi connectivity index (χ0n) is 11.3. The van der Waals surface area contributed by atoms with Gasteiger partial charge < -0.3 is 14.6 Å². The van der Waals surface area contributed by atoms with E-state index < -0.39 is 0 Å². The summed E-state index contributed by atoms with van der Waals surface area (Å²) in [5.74, 6) is 0. The lowest BCUT2D eigenvalue weighted by Gasteiger charge is -2.27. The second kappa shape index (κ2) is 5.81. The Morgan fingerprint density at radius 2 is 2.20 bits per heavy atom. The van der Waals surface area contributed by atoms with E-state index >= 15 is 0 Å². The maximum atomic E-state index is 12.3. The quantitative estimate of drug-likeness (QED) is 0.910. The molecule has 20 heavy (non-hydrogen) atoms. The number of benzene rings is 1. The van der Waals surface area contributed by atoms with Gasteiger partial charge in [0.25, 0.3) is 0 Å².